The normalized spacial score (nSPS) is 14.6. The molecule has 0 aliphatic heterocycles. The van der Waals surface area contributed by atoms with Crippen LogP contribution in [0.4, 0.5) is 13.2 Å². The fraction of sp³-hybridized carbons (Fsp3) is 0.556. The van der Waals surface area contributed by atoms with Crippen LogP contribution in [0.3, 0.4) is 0 Å². The predicted molar refractivity (Wildman–Crippen MR) is 96.5 cm³/mol. The summed E-state index contributed by atoms with van der Waals surface area (Å²) in [6.07, 6.45) is -2.44. The maximum atomic E-state index is 12.2. The Morgan fingerprint density at radius 2 is 1.96 bits per heavy atom. The summed E-state index contributed by atoms with van der Waals surface area (Å²) in [5, 5.41) is 9.05. The number of nitrogens with one attached hydrogen (secondary N) is 3. The van der Waals surface area contributed by atoms with Gasteiger partial charge in [0.25, 0.3) is 0 Å². The Balaban J connectivity index is 1.81. The van der Waals surface area contributed by atoms with Gasteiger partial charge in [0.05, 0.1) is 6.54 Å². The van der Waals surface area contributed by atoms with Crippen molar-refractivity contribution in [2.75, 3.05) is 26.2 Å². The van der Waals surface area contributed by atoms with Gasteiger partial charge >= 0.3 is 6.18 Å². The van der Waals surface area contributed by atoms with Crippen LogP contribution < -0.4 is 20.7 Å². The Labute approximate surface area is 156 Å². The van der Waals surface area contributed by atoms with Gasteiger partial charge in [0.15, 0.2) is 12.6 Å². The van der Waals surface area contributed by atoms with Crippen LogP contribution in [0, 0.1) is 5.92 Å². The third-order valence-electron chi connectivity index (χ3n) is 3.73. The molecule has 1 aromatic rings. The van der Waals surface area contributed by atoms with Gasteiger partial charge < -0.3 is 20.7 Å². The molecule has 0 bridgehead atoms. The fourth-order valence-corrected chi connectivity index (χ4v) is 2.27. The second-order valence-corrected chi connectivity index (χ2v) is 6.24. The number of aliphatic imine (C=N–C) groups is 1. The number of benzene rings is 1. The van der Waals surface area contributed by atoms with E-state index in [1.807, 2.05) is 6.92 Å². The molecule has 0 spiro atoms. The number of carbonyl (C=O) groups excluding carboxylic acids is 1. The molecule has 1 saturated carbocycles. The van der Waals surface area contributed by atoms with E-state index in [1.54, 1.807) is 12.1 Å². The minimum atomic E-state index is -4.37. The van der Waals surface area contributed by atoms with E-state index in [0.29, 0.717) is 25.6 Å². The number of rotatable bonds is 9. The standard InChI is InChI=1S/C18H25F3N4O2/c1-2-22-17(24-9-8-23-16(26)14-6-7-14)25-11-13-4-3-5-15(10-13)27-12-18(19,20)21/h3-5,10,14H,2,6-9,11-12H2,1H3,(H,23,26)(H2,22,24,25). The van der Waals surface area contributed by atoms with E-state index in [9.17, 15) is 18.0 Å². The fourth-order valence-electron chi connectivity index (χ4n) is 2.27. The average molecular weight is 386 g/mol. The highest BCUT2D eigenvalue weighted by Crippen LogP contribution is 2.28. The highest BCUT2D eigenvalue weighted by atomic mass is 19.4. The summed E-state index contributed by atoms with van der Waals surface area (Å²) in [5.74, 6) is 0.994. The van der Waals surface area contributed by atoms with Crippen molar-refractivity contribution in [1.82, 2.24) is 16.0 Å². The maximum Gasteiger partial charge on any atom is 0.422 e. The molecule has 0 aromatic heterocycles. The van der Waals surface area contributed by atoms with Gasteiger partial charge in [-0.1, -0.05) is 12.1 Å². The van der Waals surface area contributed by atoms with E-state index in [0.717, 1.165) is 18.4 Å². The van der Waals surface area contributed by atoms with Crippen LogP contribution >= 0.6 is 0 Å². The Kier molecular flexibility index (Phi) is 7.75. The molecule has 2 rings (SSSR count). The molecule has 1 aliphatic carbocycles. The lowest BCUT2D eigenvalue weighted by atomic mass is 10.2. The molecule has 0 heterocycles. The van der Waals surface area contributed by atoms with Crippen LogP contribution in [-0.4, -0.2) is 44.3 Å². The minimum Gasteiger partial charge on any atom is -0.484 e. The highest BCUT2D eigenvalue weighted by molar-refractivity contribution is 5.81. The number of carbonyl (C=O) groups is 1. The van der Waals surface area contributed by atoms with Gasteiger partial charge in [-0.3, -0.25) is 4.79 Å². The van der Waals surface area contributed by atoms with Gasteiger partial charge in [0.1, 0.15) is 5.75 Å². The molecular weight excluding hydrogens is 361 g/mol. The minimum absolute atomic E-state index is 0.0920. The van der Waals surface area contributed by atoms with Crippen molar-refractivity contribution in [3.05, 3.63) is 29.8 Å². The quantitative estimate of drug-likeness (QED) is 0.346. The van der Waals surface area contributed by atoms with E-state index < -0.39 is 12.8 Å². The third-order valence-corrected chi connectivity index (χ3v) is 3.73. The van der Waals surface area contributed by atoms with Crippen LogP contribution in [0.2, 0.25) is 0 Å². The monoisotopic (exact) mass is 386 g/mol. The zero-order valence-electron chi connectivity index (χ0n) is 15.2. The van der Waals surface area contributed by atoms with Gasteiger partial charge in [0, 0.05) is 25.6 Å². The first kappa shape index (κ1) is 20.9. The van der Waals surface area contributed by atoms with Gasteiger partial charge in [-0.2, -0.15) is 13.2 Å². The largest absolute Gasteiger partial charge is 0.484 e. The Morgan fingerprint density at radius 3 is 2.63 bits per heavy atom. The summed E-state index contributed by atoms with van der Waals surface area (Å²) in [6.45, 7) is 2.58. The number of hydrogen-bond donors (Lipinski definition) is 3. The number of hydrogen-bond acceptors (Lipinski definition) is 3. The summed E-state index contributed by atoms with van der Waals surface area (Å²) in [6, 6.07) is 6.41. The second kappa shape index (κ2) is 10.0. The second-order valence-electron chi connectivity index (χ2n) is 6.24. The third kappa shape index (κ3) is 8.65. The first-order valence-corrected chi connectivity index (χ1v) is 8.96. The van der Waals surface area contributed by atoms with Gasteiger partial charge in [0.2, 0.25) is 5.91 Å². The predicted octanol–water partition coefficient (Wildman–Crippen LogP) is 2.21. The lowest BCUT2D eigenvalue weighted by Crippen LogP contribution is -2.41. The molecule has 3 N–H and O–H groups in total. The van der Waals surface area contributed by atoms with Crippen molar-refractivity contribution >= 4 is 11.9 Å². The molecule has 1 amide bonds. The smallest absolute Gasteiger partial charge is 0.422 e. The number of halogens is 3. The molecule has 1 aliphatic rings. The van der Waals surface area contributed by atoms with Crippen LogP contribution in [0.25, 0.3) is 0 Å². The Hall–Kier alpha value is -2.45. The zero-order valence-corrected chi connectivity index (χ0v) is 15.2. The number of ether oxygens (including phenoxy) is 1. The maximum absolute atomic E-state index is 12.2. The molecule has 150 valence electrons. The van der Waals surface area contributed by atoms with Crippen molar-refractivity contribution in [2.24, 2.45) is 10.9 Å². The summed E-state index contributed by atoms with van der Waals surface area (Å²) < 4.78 is 41.5. The molecule has 0 saturated heterocycles. The summed E-state index contributed by atoms with van der Waals surface area (Å²) in [7, 11) is 0. The first-order chi connectivity index (χ1) is 12.9. The van der Waals surface area contributed by atoms with Crippen molar-refractivity contribution in [2.45, 2.75) is 32.5 Å². The zero-order chi connectivity index (χ0) is 19.7. The molecular formula is C18H25F3N4O2. The lowest BCUT2D eigenvalue weighted by Gasteiger charge is -2.12. The first-order valence-electron chi connectivity index (χ1n) is 8.96. The number of amides is 1. The number of guanidine groups is 1. The SMILES string of the molecule is CCNC(=NCc1cccc(OCC(F)(F)F)c1)NCCNC(=O)C1CC1. The van der Waals surface area contributed by atoms with Crippen molar-refractivity contribution in [1.29, 1.82) is 0 Å². The molecule has 9 heteroatoms. The lowest BCUT2D eigenvalue weighted by molar-refractivity contribution is -0.153. The molecule has 0 atom stereocenters. The van der Waals surface area contributed by atoms with Crippen molar-refractivity contribution < 1.29 is 22.7 Å². The van der Waals surface area contributed by atoms with E-state index in [2.05, 4.69) is 20.9 Å². The van der Waals surface area contributed by atoms with Crippen LogP contribution in [0.15, 0.2) is 29.3 Å². The van der Waals surface area contributed by atoms with Gasteiger partial charge in [-0.05, 0) is 37.5 Å². The topological polar surface area (TPSA) is 74.8 Å². The van der Waals surface area contributed by atoms with E-state index in [1.165, 1.54) is 12.1 Å². The molecule has 1 aromatic carbocycles. The summed E-state index contributed by atoms with van der Waals surface area (Å²) in [5.41, 5.74) is 0.730. The van der Waals surface area contributed by atoms with E-state index in [4.69, 9.17) is 4.74 Å². The summed E-state index contributed by atoms with van der Waals surface area (Å²) >= 11 is 0. The van der Waals surface area contributed by atoms with Crippen LogP contribution in [-0.2, 0) is 11.3 Å². The average Bonchev–Trinajstić information content (AvgIpc) is 3.46. The van der Waals surface area contributed by atoms with Crippen LogP contribution in [0.5, 0.6) is 5.75 Å². The van der Waals surface area contributed by atoms with Crippen LogP contribution in [0.1, 0.15) is 25.3 Å². The molecule has 6 nitrogen and oxygen atoms in total. The molecule has 27 heavy (non-hydrogen) atoms. The summed E-state index contributed by atoms with van der Waals surface area (Å²) in [4.78, 5) is 16.0. The Bertz CT molecular complexity index is 646. The number of nitrogens with zero attached hydrogens (tertiary/aromatic N) is 1. The number of alkyl halides is 3. The Morgan fingerprint density at radius 1 is 1.22 bits per heavy atom. The van der Waals surface area contributed by atoms with Crippen molar-refractivity contribution in [3.63, 3.8) is 0 Å². The molecule has 0 radical (unpaired) electrons. The van der Waals surface area contributed by atoms with E-state index >= 15 is 0 Å². The van der Waals surface area contributed by atoms with E-state index in [-0.39, 0.29) is 24.1 Å². The van der Waals surface area contributed by atoms with Gasteiger partial charge in [-0.25, -0.2) is 4.99 Å². The molecule has 1 fully saturated rings. The van der Waals surface area contributed by atoms with Gasteiger partial charge in [-0.15, -0.1) is 0 Å². The van der Waals surface area contributed by atoms with Crippen molar-refractivity contribution in [3.8, 4) is 5.75 Å². The highest BCUT2D eigenvalue weighted by Gasteiger charge is 2.29. The molecule has 0 unspecified atom stereocenters.